The van der Waals surface area contributed by atoms with Gasteiger partial charge in [-0.1, -0.05) is 32.0 Å². The van der Waals surface area contributed by atoms with Crippen LogP contribution in [0.3, 0.4) is 0 Å². The van der Waals surface area contributed by atoms with E-state index in [1.807, 2.05) is 40.7 Å². The summed E-state index contributed by atoms with van der Waals surface area (Å²) in [7, 11) is 2.31. The van der Waals surface area contributed by atoms with E-state index in [4.69, 9.17) is 19.4 Å². The molecule has 11 heteroatoms. The van der Waals surface area contributed by atoms with E-state index in [1.165, 1.54) is 7.11 Å². The molecular weight excluding hydrogens is 482 g/mol. The van der Waals surface area contributed by atoms with Crippen LogP contribution in [-0.2, 0) is 19.1 Å². The number of aliphatic hydroxyl groups excluding tert-OH is 1. The second-order valence-electron chi connectivity index (χ2n) is 9.84. The predicted molar refractivity (Wildman–Crippen MR) is 139 cm³/mol. The quantitative estimate of drug-likeness (QED) is 0.491. The minimum absolute atomic E-state index is 0.283. The second-order valence-corrected chi connectivity index (χ2v) is 9.84. The molecule has 1 aromatic rings. The number of rotatable bonds is 8. The van der Waals surface area contributed by atoms with Crippen LogP contribution in [0.1, 0.15) is 41.0 Å². The maximum absolute atomic E-state index is 12.2. The Morgan fingerprint density at radius 3 is 2.03 bits per heavy atom. The summed E-state index contributed by atoms with van der Waals surface area (Å²) in [6.07, 6.45) is 0.526. The zero-order chi connectivity index (χ0) is 28.5. The van der Waals surface area contributed by atoms with Gasteiger partial charge in [0.15, 0.2) is 0 Å². The lowest BCUT2D eigenvalue weighted by Gasteiger charge is -2.38. The van der Waals surface area contributed by atoms with Crippen molar-refractivity contribution >= 4 is 24.9 Å². The van der Waals surface area contributed by atoms with Crippen LogP contribution in [0.2, 0.25) is 0 Å². The number of ether oxygens (including phenoxy) is 3. The van der Waals surface area contributed by atoms with Crippen molar-refractivity contribution in [3.8, 4) is 5.75 Å². The van der Waals surface area contributed by atoms with Crippen LogP contribution in [0.25, 0.3) is 0 Å². The minimum Gasteiger partial charge on any atom is -0.471 e. The van der Waals surface area contributed by atoms with Gasteiger partial charge in [-0.25, -0.2) is 9.59 Å². The summed E-state index contributed by atoms with van der Waals surface area (Å²) < 4.78 is 14.5. The summed E-state index contributed by atoms with van der Waals surface area (Å²) in [5, 5.41) is 9.67. The van der Waals surface area contributed by atoms with Crippen molar-refractivity contribution in [2.24, 2.45) is 5.41 Å². The third kappa shape index (κ3) is 14.2. The number of carbonyl (C=O) groups is 4. The summed E-state index contributed by atoms with van der Waals surface area (Å²) in [5.74, 6) is 0.422. The predicted octanol–water partition coefficient (Wildman–Crippen LogP) is 2.71. The largest absolute Gasteiger partial charge is 0.471 e. The first-order chi connectivity index (χ1) is 17.4. The molecule has 1 atom stereocenters. The van der Waals surface area contributed by atoms with E-state index in [0.717, 1.165) is 33.0 Å². The number of nitrogens with one attached hydrogen (secondary N) is 1. The first kappa shape index (κ1) is 33.8. The molecule has 1 aliphatic rings. The Morgan fingerprint density at radius 1 is 1.03 bits per heavy atom. The number of benzene rings is 1. The van der Waals surface area contributed by atoms with Gasteiger partial charge in [0.05, 0.1) is 13.2 Å². The molecule has 1 saturated heterocycles. The van der Waals surface area contributed by atoms with Gasteiger partial charge in [-0.15, -0.1) is 0 Å². The van der Waals surface area contributed by atoms with E-state index in [2.05, 4.69) is 15.0 Å². The summed E-state index contributed by atoms with van der Waals surface area (Å²) >= 11 is 0. The van der Waals surface area contributed by atoms with Crippen molar-refractivity contribution in [3.05, 3.63) is 30.3 Å². The van der Waals surface area contributed by atoms with Crippen LogP contribution >= 0.6 is 0 Å². The summed E-state index contributed by atoms with van der Waals surface area (Å²) in [4.78, 5) is 49.0. The van der Waals surface area contributed by atoms with Crippen molar-refractivity contribution < 1.29 is 38.5 Å². The van der Waals surface area contributed by atoms with E-state index in [1.54, 1.807) is 29.2 Å². The number of para-hydroxylation sites is 1. The average Bonchev–Trinajstić information content (AvgIpc) is 2.87. The lowest BCUT2D eigenvalue weighted by atomic mass is 9.81. The average molecular weight is 526 g/mol. The van der Waals surface area contributed by atoms with Crippen LogP contribution in [0.15, 0.2) is 30.3 Å². The Morgan fingerprint density at radius 2 is 1.57 bits per heavy atom. The molecule has 2 amide bonds. The highest BCUT2D eigenvalue weighted by Gasteiger charge is 2.32. The molecule has 0 bridgehead atoms. The molecule has 0 saturated carbocycles. The molecule has 0 aromatic heterocycles. The van der Waals surface area contributed by atoms with Crippen LogP contribution in [-0.4, -0.2) is 98.4 Å². The van der Waals surface area contributed by atoms with Gasteiger partial charge in [0.1, 0.15) is 17.6 Å². The highest BCUT2D eigenvalue weighted by Crippen LogP contribution is 2.25. The molecule has 11 nitrogen and oxygen atoms in total. The smallest absolute Gasteiger partial charge is 0.413 e. The van der Waals surface area contributed by atoms with Crippen molar-refractivity contribution in [2.45, 2.75) is 52.7 Å². The number of methoxy groups -OCH3 is 1. The van der Waals surface area contributed by atoms with Crippen LogP contribution in [0, 0.1) is 5.41 Å². The van der Waals surface area contributed by atoms with Gasteiger partial charge in [0, 0.05) is 33.3 Å². The van der Waals surface area contributed by atoms with Gasteiger partial charge in [0.2, 0.25) is 0 Å². The van der Waals surface area contributed by atoms with E-state index < -0.39 is 23.2 Å². The van der Waals surface area contributed by atoms with Gasteiger partial charge < -0.3 is 34.3 Å². The van der Waals surface area contributed by atoms with Gasteiger partial charge in [-0.3, -0.25) is 9.69 Å². The Hall–Kier alpha value is -3.18. The number of carbonyl (C=O) groups excluding carboxylic acids is 4. The maximum atomic E-state index is 12.2. The van der Waals surface area contributed by atoms with E-state index in [-0.39, 0.29) is 6.09 Å². The number of aliphatic hydroxyl groups is 1. The van der Waals surface area contributed by atoms with Gasteiger partial charge >= 0.3 is 12.2 Å². The SMILES string of the molecule is CC(C)(C)OC(=O)N1CCN(CCC(C)(C)C(C=O)NC(=O)Oc2ccccc2)CC1.CO.COC=O. The highest BCUT2D eigenvalue weighted by molar-refractivity contribution is 5.75. The second kappa shape index (κ2) is 17.3. The highest BCUT2D eigenvalue weighted by atomic mass is 16.6. The topological polar surface area (TPSA) is 135 Å². The number of amides is 2. The Labute approximate surface area is 220 Å². The first-order valence-corrected chi connectivity index (χ1v) is 12.0. The molecule has 0 spiro atoms. The van der Waals surface area contributed by atoms with Gasteiger partial charge in [-0.2, -0.15) is 0 Å². The molecule has 1 aromatic carbocycles. The lowest BCUT2D eigenvalue weighted by Crippen LogP contribution is -2.52. The molecule has 2 rings (SSSR count). The molecule has 1 unspecified atom stereocenters. The minimum atomic E-state index is -0.674. The van der Waals surface area contributed by atoms with Gasteiger partial charge in [-0.05, 0) is 51.3 Å². The number of aldehydes is 1. The lowest BCUT2D eigenvalue weighted by molar-refractivity contribution is -0.126. The molecule has 37 heavy (non-hydrogen) atoms. The molecule has 2 N–H and O–H groups in total. The molecule has 1 aliphatic heterocycles. The van der Waals surface area contributed by atoms with Crippen LogP contribution in [0.4, 0.5) is 9.59 Å². The Kier molecular flexibility index (Phi) is 15.8. The van der Waals surface area contributed by atoms with Crippen molar-refractivity contribution in [1.82, 2.24) is 15.1 Å². The maximum Gasteiger partial charge on any atom is 0.413 e. The van der Waals surface area contributed by atoms with Crippen molar-refractivity contribution in [1.29, 1.82) is 0 Å². The van der Waals surface area contributed by atoms with E-state index >= 15 is 0 Å². The molecule has 1 fully saturated rings. The van der Waals surface area contributed by atoms with E-state index in [0.29, 0.717) is 31.7 Å². The standard InChI is InChI=1S/C23H35N3O5.C2H4O2.CH4O/c1-22(2,3)31-21(29)26-15-13-25(14-16-26)12-11-23(4,5)19(17-27)24-20(28)30-18-9-7-6-8-10-18;1-4-2-3;1-2/h6-10,17,19H,11-16H2,1-5H3,(H,24,28);2H,1H3;2H,1H3. The van der Waals surface area contributed by atoms with Crippen molar-refractivity contribution in [3.63, 3.8) is 0 Å². The van der Waals surface area contributed by atoms with Crippen LogP contribution in [0.5, 0.6) is 5.75 Å². The number of hydrogen-bond donors (Lipinski definition) is 2. The van der Waals surface area contributed by atoms with Crippen molar-refractivity contribution in [2.75, 3.05) is 46.9 Å². The first-order valence-electron chi connectivity index (χ1n) is 12.0. The van der Waals surface area contributed by atoms with E-state index in [9.17, 15) is 14.4 Å². The zero-order valence-corrected chi connectivity index (χ0v) is 23.1. The summed E-state index contributed by atoms with van der Waals surface area (Å²) in [6.45, 7) is 13.3. The number of nitrogens with zero attached hydrogens (tertiary/aromatic N) is 2. The monoisotopic (exact) mass is 525 g/mol. The third-order valence-electron chi connectivity index (χ3n) is 5.40. The van der Waals surface area contributed by atoms with Gasteiger partial charge in [0.25, 0.3) is 6.47 Å². The Bertz CT molecular complexity index is 804. The fourth-order valence-corrected chi connectivity index (χ4v) is 3.25. The fraction of sp³-hybridized carbons (Fsp3) is 0.615. The fourth-order valence-electron chi connectivity index (χ4n) is 3.25. The summed E-state index contributed by atoms with van der Waals surface area (Å²) in [5.41, 5.74) is -0.962. The molecule has 0 radical (unpaired) electrons. The molecule has 210 valence electrons. The third-order valence-corrected chi connectivity index (χ3v) is 5.40. The molecular formula is C26H43N3O8. The molecule has 1 heterocycles. The molecule has 0 aliphatic carbocycles. The zero-order valence-electron chi connectivity index (χ0n) is 23.1. The summed E-state index contributed by atoms with van der Waals surface area (Å²) in [6, 6.07) is 8.05. The number of hydrogen-bond acceptors (Lipinski definition) is 9. The Balaban J connectivity index is 0.00000196. The van der Waals surface area contributed by atoms with Crippen LogP contribution < -0.4 is 10.1 Å². The number of piperazine rings is 1. The normalized spacial score (nSPS) is 14.4.